The highest BCUT2D eigenvalue weighted by Crippen LogP contribution is 2.31. The molecule has 0 saturated carbocycles. The van der Waals surface area contributed by atoms with E-state index in [1.807, 2.05) is 31.2 Å². The van der Waals surface area contributed by atoms with E-state index in [0.29, 0.717) is 11.5 Å². The maximum atomic E-state index is 13.5. The van der Waals surface area contributed by atoms with Crippen LogP contribution >= 0.6 is 11.6 Å². The van der Waals surface area contributed by atoms with Gasteiger partial charge in [-0.05, 0) is 25.1 Å². The number of ether oxygens (including phenoxy) is 2. The molecule has 0 aliphatic carbocycles. The van der Waals surface area contributed by atoms with Crippen LogP contribution in [0.5, 0.6) is 11.5 Å². The summed E-state index contributed by atoms with van der Waals surface area (Å²) < 4.78 is 24.7. The molecule has 2 aromatic rings. The summed E-state index contributed by atoms with van der Waals surface area (Å²) >= 11 is 5.67. The molecule has 0 aromatic heterocycles. The molecule has 2 unspecified atom stereocenters. The van der Waals surface area contributed by atoms with Gasteiger partial charge in [0, 0.05) is 17.7 Å². The molecule has 0 fully saturated rings. The highest BCUT2D eigenvalue weighted by atomic mass is 35.5. The minimum Gasteiger partial charge on any atom is -0.496 e. The van der Waals surface area contributed by atoms with Gasteiger partial charge in [-0.2, -0.15) is 0 Å². The molecular weight excluding hydrogens is 293 g/mol. The lowest BCUT2D eigenvalue weighted by atomic mass is 10.0. The van der Waals surface area contributed by atoms with Crippen molar-refractivity contribution in [3.8, 4) is 11.5 Å². The summed E-state index contributed by atoms with van der Waals surface area (Å²) in [5.41, 5.74) is 6.82. The molecule has 0 radical (unpaired) electrons. The summed E-state index contributed by atoms with van der Waals surface area (Å²) in [6, 6.07) is 11.4. The van der Waals surface area contributed by atoms with E-state index in [9.17, 15) is 4.39 Å². The van der Waals surface area contributed by atoms with Gasteiger partial charge in [0.25, 0.3) is 0 Å². The van der Waals surface area contributed by atoms with Gasteiger partial charge < -0.3 is 15.2 Å². The fourth-order valence-electron chi connectivity index (χ4n) is 2.05. The Hall–Kier alpha value is -1.78. The van der Waals surface area contributed by atoms with E-state index in [1.165, 1.54) is 12.1 Å². The smallest absolute Gasteiger partial charge is 0.145 e. The van der Waals surface area contributed by atoms with Crippen molar-refractivity contribution in [1.82, 2.24) is 0 Å². The molecule has 0 aliphatic heterocycles. The van der Waals surface area contributed by atoms with E-state index in [0.717, 1.165) is 5.56 Å². The van der Waals surface area contributed by atoms with Crippen LogP contribution in [-0.2, 0) is 0 Å². The van der Waals surface area contributed by atoms with Crippen LogP contribution < -0.4 is 15.2 Å². The summed E-state index contributed by atoms with van der Waals surface area (Å²) in [4.78, 5) is 0. The van der Waals surface area contributed by atoms with Crippen molar-refractivity contribution in [3.05, 3.63) is 58.9 Å². The van der Waals surface area contributed by atoms with Crippen LogP contribution in [0.2, 0.25) is 5.02 Å². The van der Waals surface area contributed by atoms with E-state index >= 15 is 0 Å². The van der Waals surface area contributed by atoms with Crippen LogP contribution in [0.3, 0.4) is 0 Å². The quantitative estimate of drug-likeness (QED) is 0.909. The number of hydrogen-bond donors (Lipinski definition) is 1. The van der Waals surface area contributed by atoms with Gasteiger partial charge in [0.05, 0.1) is 12.1 Å². The van der Waals surface area contributed by atoms with Gasteiger partial charge in [0.15, 0.2) is 0 Å². The van der Waals surface area contributed by atoms with Gasteiger partial charge in [0.1, 0.15) is 23.4 Å². The van der Waals surface area contributed by atoms with Crippen molar-refractivity contribution >= 4 is 11.6 Å². The molecule has 0 amide bonds. The fourth-order valence-corrected chi connectivity index (χ4v) is 2.17. The lowest BCUT2D eigenvalue weighted by Gasteiger charge is -2.24. The van der Waals surface area contributed by atoms with Crippen LogP contribution in [0.25, 0.3) is 0 Å². The molecule has 3 nitrogen and oxygen atoms in total. The minimum atomic E-state index is -0.530. The Morgan fingerprint density at radius 1 is 1.19 bits per heavy atom. The molecule has 2 atom stereocenters. The van der Waals surface area contributed by atoms with Crippen molar-refractivity contribution in [2.24, 2.45) is 5.73 Å². The van der Waals surface area contributed by atoms with Gasteiger partial charge in [0.2, 0.25) is 0 Å². The van der Waals surface area contributed by atoms with Crippen molar-refractivity contribution in [1.29, 1.82) is 0 Å². The van der Waals surface area contributed by atoms with Gasteiger partial charge in [-0.1, -0.05) is 29.8 Å². The van der Waals surface area contributed by atoms with Crippen LogP contribution in [0.15, 0.2) is 42.5 Å². The van der Waals surface area contributed by atoms with Crippen molar-refractivity contribution in [2.45, 2.75) is 19.1 Å². The average Bonchev–Trinajstić information content (AvgIpc) is 2.48. The molecule has 0 heterocycles. The summed E-state index contributed by atoms with van der Waals surface area (Å²) in [6.07, 6.45) is -0.457. The first-order chi connectivity index (χ1) is 10.0. The first kappa shape index (κ1) is 15.6. The topological polar surface area (TPSA) is 44.5 Å². The first-order valence-corrected chi connectivity index (χ1v) is 6.91. The largest absolute Gasteiger partial charge is 0.496 e. The summed E-state index contributed by atoms with van der Waals surface area (Å²) in [6.45, 7) is 1.82. The Morgan fingerprint density at radius 3 is 2.52 bits per heavy atom. The zero-order chi connectivity index (χ0) is 15.4. The SMILES string of the molecule is COc1ccccc1C(Oc1ccc(Cl)c(F)c1)C(C)N. The minimum absolute atomic E-state index is 0.0528. The summed E-state index contributed by atoms with van der Waals surface area (Å²) in [7, 11) is 1.58. The molecule has 2 aromatic carbocycles. The molecule has 2 rings (SSSR count). The summed E-state index contributed by atoms with van der Waals surface area (Å²) in [5.74, 6) is 0.511. The molecule has 0 saturated heterocycles. The zero-order valence-corrected chi connectivity index (χ0v) is 12.6. The molecule has 21 heavy (non-hydrogen) atoms. The van der Waals surface area contributed by atoms with Crippen molar-refractivity contribution in [3.63, 3.8) is 0 Å². The molecule has 0 bridgehead atoms. The van der Waals surface area contributed by atoms with Crippen molar-refractivity contribution < 1.29 is 13.9 Å². The van der Waals surface area contributed by atoms with Crippen molar-refractivity contribution in [2.75, 3.05) is 7.11 Å². The van der Waals surface area contributed by atoms with E-state index < -0.39 is 11.9 Å². The molecule has 0 aliphatic rings. The van der Waals surface area contributed by atoms with Crippen LogP contribution in [0.4, 0.5) is 4.39 Å². The Balaban J connectivity index is 2.33. The molecule has 2 N–H and O–H groups in total. The molecule has 5 heteroatoms. The Bertz CT molecular complexity index is 619. The third kappa shape index (κ3) is 3.65. The third-order valence-electron chi connectivity index (χ3n) is 3.08. The van der Waals surface area contributed by atoms with Gasteiger partial charge in [-0.25, -0.2) is 4.39 Å². The highest BCUT2D eigenvalue weighted by molar-refractivity contribution is 6.30. The van der Waals surface area contributed by atoms with Crippen LogP contribution in [-0.4, -0.2) is 13.2 Å². The number of rotatable bonds is 5. The van der Waals surface area contributed by atoms with Gasteiger partial charge >= 0.3 is 0 Å². The molecule has 112 valence electrons. The standard InChI is InChI=1S/C16H17ClFNO2/c1-10(19)16(12-5-3-4-6-15(12)20-2)21-11-7-8-13(17)14(18)9-11/h3-10,16H,19H2,1-2H3. The second-order valence-electron chi connectivity index (χ2n) is 4.72. The summed E-state index contributed by atoms with van der Waals surface area (Å²) in [5, 5.41) is 0.0528. The number of hydrogen-bond acceptors (Lipinski definition) is 3. The lowest BCUT2D eigenvalue weighted by Crippen LogP contribution is -2.29. The predicted octanol–water partition coefficient (Wildman–Crippen LogP) is 3.96. The second kappa shape index (κ2) is 6.78. The van der Waals surface area contributed by atoms with E-state index in [1.54, 1.807) is 13.2 Å². The fraction of sp³-hybridized carbons (Fsp3) is 0.250. The van der Waals surface area contributed by atoms with E-state index in [2.05, 4.69) is 0 Å². The predicted molar refractivity (Wildman–Crippen MR) is 81.4 cm³/mol. The number of nitrogens with two attached hydrogens (primary N) is 1. The maximum Gasteiger partial charge on any atom is 0.145 e. The highest BCUT2D eigenvalue weighted by Gasteiger charge is 2.22. The Labute approximate surface area is 128 Å². The van der Waals surface area contributed by atoms with Gasteiger partial charge in [-0.15, -0.1) is 0 Å². The zero-order valence-electron chi connectivity index (χ0n) is 11.8. The molecular formula is C16H17ClFNO2. The number of benzene rings is 2. The number of para-hydroxylation sites is 1. The maximum absolute atomic E-state index is 13.5. The average molecular weight is 310 g/mol. The number of methoxy groups -OCH3 is 1. The van der Waals surface area contributed by atoms with Crippen LogP contribution in [0.1, 0.15) is 18.6 Å². The number of halogens is 2. The van der Waals surface area contributed by atoms with E-state index in [4.69, 9.17) is 26.8 Å². The van der Waals surface area contributed by atoms with Gasteiger partial charge in [-0.3, -0.25) is 0 Å². The lowest BCUT2D eigenvalue weighted by molar-refractivity contribution is 0.175. The normalized spacial score (nSPS) is 13.6. The Morgan fingerprint density at radius 2 is 1.90 bits per heavy atom. The molecule has 0 spiro atoms. The van der Waals surface area contributed by atoms with Crippen LogP contribution in [0, 0.1) is 5.82 Å². The second-order valence-corrected chi connectivity index (χ2v) is 5.12. The first-order valence-electron chi connectivity index (χ1n) is 6.53. The Kier molecular flexibility index (Phi) is 5.04. The monoisotopic (exact) mass is 309 g/mol. The van der Waals surface area contributed by atoms with E-state index in [-0.39, 0.29) is 11.1 Å². The third-order valence-corrected chi connectivity index (χ3v) is 3.38.